The summed E-state index contributed by atoms with van der Waals surface area (Å²) in [5.41, 5.74) is 1.38. The van der Waals surface area contributed by atoms with Crippen LogP contribution in [0.1, 0.15) is 17.2 Å². The monoisotopic (exact) mass is 349 g/mol. The lowest BCUT2D eigenvalue weighted by Crippen LogP contribution is -2.31. The molecule has 0 saturated carbocycles. The molecule has 0 amide bonds. The first kappa shape index (κ1) is 18.1. The molecule has 5 nitrogen and oxygen atoms in total. The highest BCUT2D eigenvalue weighted by Gasteiger charge is 2.28. The molecular weight excluding hydrogens is 330 g/mol. The van der Waals surface area contributed by atoms with Gasteiger partial charge >= 0.3 is 5.97 Å². The molecule has 0 spiro atoms. The molecule has 2 aromatic rings. The molecule has 2 rings (SSSR count). The predicted octanol–water partition coefficient (Wildman–Crippen LogP) is 3.61. The van der Waals surface area contributed by atoms with E-state index < -0.39 is 12.0 Å². The first-order valence-corrected chi connectivity index (χ1v) is 7.74. The smallest absolute Gasteiger partial charge is 0.325 e. The SMILES string of the molecule is COc1ccc(OC)c([C@@H](C(=O)O)N(C)Cc2ccccc2Cl)c1. The van der Waals surface area contributed by atoms with E-state index in [2.05, 4.69) is 0 Å². The van der Waals surface area contributed by atoms with Crippen LogP contribution >= 0.6 is 11.6 Å². The largest absolute Gasteiger partial charge is 0.497 e. The van der Waals surface area contributed by atoms with Gasteiger partial charge in [-0.3, -0.25) is 9.69 Å². The number of hydrogen-bond donors (Lipinski definition) is 1. The van der Waals surface area contributed by atoms with Gasteiger partial charge in [-0.1, -0.05) is 29.8 Å². The van der Waals surface area contributed by atoms with Crippen LogP contribution in [0.25, 0.3) is 0 Å². The molecule has 0 radical (unpaired) electrons. The summed E-state index contributed by atoms with van der Waals surface area (Å²) in [6.45, 7) is 0.386. The van der Waals surface area contributed by atoms with E-state index in [0.717, 1.165) is 5.56 Å². The Hall–Kier alpha value is -2.24. The Bertz CT molecular complexity index is 720. The molecule has 0 fully saturated rings. The van der Waals surface area contributed by atoms with Crippen LogP contribution in [0.15, 0.2) is 42.5 Å². The van der Waals surface area contributed by atoms with Crippen molar-refractivity contribution in [2.75, 3.05) is 21.3 Å². The second kappa shape index (κ2) is 8.04. The zero-order valence-electron chi connectivity index (χ0n) is 13.8. The number of halogens is 1. The van der Waals surface area contributed by atoms with Crippen LogP contribution in [-0.4, -0.2) is 37.2 Å². The first-order valence-electron chi connectivity index (χ1n) is 7.36. The highest BCUT2D eigenvalue weighted by Crippen LogP contribution is 2.33. The third-order valence-corrected chi connectivity index (χ3v) is 4.15. The van der Waals surface area contributed by atoms with Gasteiger partial charge in [0.2, 0.25) is 0 Å². The van der Waals surface area contributed by atoms with Gasteiger partial charge in [0.25, 0.3) is 0 Å². The second-order valence-corrected chi connectivity index (χ2v) is 5.76. The molecule has 0 heterocycles. The number of rotatable bonds is 7. The minimum atomic E-state index is -0.976. The summed E-state index contributed by atoms with van der Waals surface area (Å²) in [4.78, 5) is 13.6. The molecule has 0 aromatic heterocycles. The van der Waals surface area contributed by atoms with Crippen molar-refractivity contribution in [3.05, 3.63) is 58.6 Å². The maximum Gasteiger partial charge on any atom is 0.325 e. The van der Waals surface area contributed by atoms with Crippen LogP contribution in [-0.2, 0) is 11.3 Å². The topological polar surface area (TPSA) is 59.0 Å². The molecule has 0 bridgehead atoms. The van der Waals surface area contributed by atoms with E-state index in [1.807, 2.05) is 18.2 Å². The summed E-state index contributed by atoms with van der Waals surface area (Å²) in [6, 6.07) is 11.6. The van der Waals surface area contributed by atoms with Crippen LogP contribution in [0.3, 0.4) is 0 Å². The van der Waals surface area contributed by atoms with Gasteiger partial charge in [-0.15, -0.1) is 0 Å². The molecule has 0 aliphatic rings. The lowest BCUT2D eigenvalue weighted by atomic mass is 10.0. The summed E-state index contributed by atoms with van der Waals surface area (Å²) in [5, 5.41) is 10.4. The van der Waals surface area contributed by atoms with Crippen molar-refractivity contribution in [3.63, 3.8) is 0 Å². The van der Waals surface area contributed by atoms with Crippen molar-refractivity contribution in [2.24, 2.45) is 0 Å². The molecule has 0 aliphatic carbocycles. The van der Waals surface area contributed by atoms with Gasteiger partial charge in [0, 0.05) is 17.1 Å². The maximum atomic E-state index is 11.9. The van der Waals surface area contributed by atoms with Crippen LogP contribution in [0.4, 0.5) is 0 Å². The van der Waals surface area contributed by atoms with Crippen LogP contribution in [0.5, 0.6) is 11.5 Å². The number of hydrogen-bond acceptors (Lipinski definition) is 4. The van der Waals surface area contributed by atoms with Crippen LogP contribution in [0, 0.1) is 0 Å². The molecule has 0 saturated heterocycles. The molecule has 2 aromatic carbocycles. The summed E-state index contributed by atoms with van der Waals surface area (Å²) < 4.78 is 10.5. The van der Waals surface area contributed by atoms with Crippen molar-refractivity contribution in [1.29, 1.82) is 0 Å². The third-order valence-electron chi connectivity index (χ3n) is 3.78. The lowest BCUT2D eigenvalue weighted by molar-refractivity contribution is -0.143. The van der Waals surface area contributed by atoms with Crippen LogP contribution in [0.2, 0.25) is 5.02 Å². The van der Waals surface area contributed by atoms with Gasteiger partial charge in [-0.25, -0.2) is 0 Å². The summed E-state index contributed by atoms with van der Waals surface area (Å²) >= 11 is 6.19. The number of aliphatic carboxylic acids is 1. The fourth-order valence-electron chi connectivity index (χ4n) is 2.60. The number of ether oxygens (including phenoxy) is 2. The Morgan fingerprint density at radius 2 is 1.92 bits per heavy atom. The average Bonchev–Trinajstić information content (AvgIpc) is 2.56. The fraction of sp³-hybridized carbons (Fsp3) is 0.278. The molecule has 1 atom stereocenters. The van der Waals surface area contributed by atoms with Gasteiger partial charge in [-0.05, 0) is 36.9 Å². The highest BCUT2D eigenvalue weighted by molar-refractivity contribution is 6.31. The number of nitrogens with zero attached hydrogens (tertiary/aromatic N) is 1. The zero-order valence-corrected chi connectivity index (χ0v) is 14.6. The van der Waals surface area contributed by atoms with E-state index >= 15 is 0 Å². The number of methoxy groups -OCH3 is 2. The number of carboxylic acid groups (broad SMARTS) is 1. The summed E-state index contributed by atoms with van der Waals surface area (Å²) in [6.07, 6.45) is 0. The van der Waals surface area contributed by atoms with E-state index in [1.165, 1.54) is 14.2 Å². The zero-order chi connectivity index (χ0) is 17.7. The summed E-state index contributed by atoms with van der Waals surface area (Å²) in [7, 11) is 4.79. The number of carbonyl (C=O) groups is 1. The molecule has 6 heteroatoms. The quantitative estimate of drug-likeness (QED) is 0.827. The van der Waals surface area contributed by atoms with Crippen LogP contribution < -0.4 is 9.47 Å². The van der Waals surface area contributed by atoms with Crippen molar-refractivity contribution >= 4 is 17.6 Å². The Labute approximate surface area is 146 Å². The van der Waals surface area contributed by atoms with Crippen molar-refractivity contribution in [3.8, 4) is 11.5 Å². The first-order chi connectivity index (χ1) is 11.5. The van der Waals surface area contributed by atoms with E-state index in [0.29, 0.717) is 28.6 Å². The van der Waals surface area contributed by atoms with Gasteiger partial charge in [0.15, 0.2) is 0 Å². The van der Waals surface area contributed by atoms with E-state index in [-0.39, 0.29) is 0 Å². The maximum absolute atomic E-state index is 11.9. The number of likely N-dealkylation sites (N-methyl/N-ethyl adjacent to an activating group) is 1. The third kappa shape index (κ3) is 3.99. The van der Waals surface area contributed by atoms with Gasteiger partial charge in [0.1, 0.15) is 17.5 Å². The predicted molar refractivity (Wildman–Crippen MR) is 92.8 cm³/mol. The average molecular weight is 350 g/mol. The Kier molecular flexibility index (Phi) is 6.06. The van der Waals surface area contributed by atoms with E-state index in [4.69, 9.17) is 21.1 Å². The second-order valence-electron chi connectivity index (χ2n) is 5.36. The summed E-state index contributed by atoms with van der Waals surface area (Å²) in [5.74, 6) is 0.0912. The fourth-order valence-corrected chi connectivity index (χ4v) is 2.79. The number of benzene rings is 2. The molecule has 128 valence electrons. The minimum absolute atomic E-state index is 0.386. The molecule has 24 heavy (non-hydrogen) atoms. The van der Waals surface area contributed by atoms with Gasteiger partial charge in [-0.2, -0.15) is 0 Å². The molecular formula is C18H20ClNO4. The lowest BCUT2D eigenvalue weighted by Gasteiger charge is -2.27. The van der Waals surface area contributed by atoms with E-state index in [1.54, 1.807) is 36.2 Å². The van der Waals surface area contributed by atoms with Crippen molar-refractivity contribution < 1.29 is 19.4 Å². The highest BCUT2D eigenvalue weighted by atomic mass is 35.5. The molecule has 0 aliphatic heterocycles. The van der Waals surface area contributed by atoms with Gasteiger partial charge in [0.05, 0.1) is 14.2 Å². The standard InChI is InChI=1S/C18H20ClNO4/c1-20(11-12-6-4-5-7-15(12)19)17(18(21)22)14-10-13(23-2)8-9-16(14)24-3/h4-10,17H,11H2,1-3H3,(H,21,22)/t17-/m0/s1. The Morgan fingerprint density at radius 1 is 1.21 bits per heavy atom. The van der Waals surface area contributed by atoms with E-state index in [9.17, 15) is 9.90 Å². The Balaban J connectivity index is 2.39. The van der Waals surface area contributed by atoms with Crippen molar-refractivity contribution in [2.45, 2.75) is 12.6 Å². The van der Waals surface area contributed by atoms with Gasteiger partial charge < -0.3 is 14.6 Å². The number of carboxylic acids is 1. The van der Waals surface area contributed by atoms with Crippen molar-refractivity contribution in [1.82, 2.24) is 4.90 Å². The normalized spacial score (nSPS) is 12.0. The minimum Gasteiger partial charge on any atom is -0.497 e. The molecule has 1 N–H and O–H groups in total. The Morgan fingerprint density at radius 3 is 2.50 bits per heavy atom. The molecule has 0 unspecified atom stereocenters.